The van der Waals surface area contributed by atoms with Crippen LogP contribution in [0, 0.1) is 11.3 Å². The number of nitrogens with zero attached hydrogens (tertiary/aromatic N) is 5. The molecule has 8 heteroatoms. The van der Waals surface area contributed by atoms with Crippen LogP contribution in [0.25, 0.3) is 11.5 Å². The van der Waals surface area contributed by atoms with E-state index in [9.17, 15) is 5.11 Å². The van der Waals surface area contributed by atoms with Gasteiger partial charge in [-0.3, -0.25) is 14.9 Å². The number of H-pyrrole nitrogens is 1. The number of aryl methyl sites for hydroxylation is 1. The second-order valence-corrected chi connectivity index (χ2v) is 8.25. The minimum atomic E-state index is -0.0516. The second-order valence-electron chi connectivity index (χ2n) is 8.25. The predicted octanol–water partition coefficient (Wildman–Crippen LogP) is 1.33. The van der Waals surface area contributed by atoms with Crippen molar-refractivity contribution in [1.29, 1.82) is 0 Å². The van der Waals surface area contributed by atoms with Crippen molar-refractivity contribution in [2.45, 2.75) is 13.1 Å². The van der Waals surface area contributed by atoms with Gasteiger partial charge in [0, 0.05) is 57.2 Å². The normalized spacial score (nSPS) is 25.6. The van der Waals surface area contributed by atoms with Gasteiger partial charge in [0.15, 0.2) is 5.76 Å². The first kappa shape index (κ1) is 17.7. The van der Waals surface area contributed by atoms with E-state index >= 15 is 0 Å². The van der Waals surface area contributed by atoms with Crippen molar-refractivity contribution >= 4 is 0 Å². The van der Waals surface area contributed by atoms with Crippen LogP contribution in [0.2, 0.25) is 0 Å². The second kappa shape index (κ2) is 6.88. The van der Waals surface area contributed by atoms with Crippen LogP contribution in [0.15, 0.2) is 41.2 Å². The lowest BCUT2D eigenvalue weighted by Crippen LogP contribution is -2.37. The molecule has 5 rings (SSSR count). The van der Waals surface area contributed by atoms with Gasteiger partial charge in [-0.2, -0.15) is 5.10 Å². The highest BCUT2D eigenvalue weighted by Gasteiger charge is 2.52. The third-order valence-corrected chi connectivity index (χ3v) is 6.31. The highest BCUT2D eigenvalue weighted by molar-refractivity contribution is 5.51. The van der Waals surface area contributed by atoms with Crippen LogP contribution in [-0.2, 0) is 20.1 Å². The molecule has 2 N–H and O–H groups in total. The maximum absolute atomic E-state index is 10.2. The zero-order valence-corrected chi connectivity index (χ0v) is 16.1. The Kier molecular flexibility index (Phi) is 4.34. The molecule has 28 heavy (non-hydrogen) atoms. The summed E-state index contributed by atoms with van der Waals surface area (Å²) in [4.78, 5) is 9.29. The van der Waals surface area contributed by atoms with Gasteiger partial charge in [-0.15, -0.1) is 0 Å². The Morgan fingerprint density at radius 3 is 2.64 bits per heavy atom. The lowest BCUT2D eigenvalue weighted by atomic mass is 9.82. The van der Waals surface area contributed by atoms with E-state index in [-0.39, 0.29) is 12.0 Å². The van der Waals surface area contributed by atoms with Crippen molar-refractivity contribution in [1.82, 2.24) is 29.5 Å². The molecule has 3 aromatic rings. The lowest BCUT2D eigenvalue weighted by molar-refractivity contribution is 0.109. The molecule has 0 aromatic carbocycles. The fourth-order valence-electron chi connectivity index (χ4n) is 4.84. The maximum atomic E-state index is 10.2. The Balaban J connectivity index is 1.23. The average molecular weight is 382 g/mol. The summed E-state index contributed by atoms with van der Waals surface area (Å²) in [5.41, 5.74) is 0.838. The van der Waals surface area contributed by atoms with Crippen molar-refractivity contribution < 1.29 is 9.52 Å². The Hall–Kier alpha value is -2.42. The summed E-state index contributed by atoms with van der Waals surface area (Å²) in [6.45, 7) is 5.63. The van der Waals surface area contributed by atoms with Gasteiger partial charge in [-0.05, 0) is 24.1 Å². The van der Waals surface area contributed by atoms with Crippen LogP contribution in [-0.4, -0.2) is 67.4 Å². The van der Waals surface area contributed by atoms with Crippen LogP contribution in [0.1, 0.15) is 11.6 Å². The number of fused-ring (bicyclic) bond motifs is 1. The molecule has 0 radical (unpaired) electrons. The zero-order valence-electron chi connectivity index (χ0n) is 16.1. The SMILES string of the molecule is Cn1ccnc1CN1CC2CN(Cc3ccc(-c4ccn[nH]4)o3)CC2(CO)C1. The number of nitrogens with one attached hydrogen (secondary N) is 1. The molecule has 3 aromatic heterocycles. The third-order valence-electron chi connectivity index (χ3n) is 6.31. The topological polar surface area (TPSA) is 86.4 Å². The van der Waals surface area contributed by atoms with Gasteiger partial charge < -0.3 is 14.1 Å². The summed E-state index contributed by atoms with van der Waals surface area (Å²) in [6.07, 6.45) is 5.55. The van der Waals surface area contributed by atoms with Crippen molar-refractivity contribution in [2.24, 2.45) is 18.4 Å². The summed E-state index contributed by atoms with van der Waals surface area (Å²) in [6, 6.07) is 5.92. The number of aromatic nitrogens is 4. The summed E-state index contributed by atoms with van der Waals surface area (Å²) in [5.74, 6) is 3.30. The molecule has 0 saturated carbocycles. The zero-order chi connectivity index (χ0) is 19.1. The van der Waals surface area contributed by atoms with E-state index in [0.717, 1.165) is 62.3 Å². The monoisotopic (exact) mass is 382 g/mol. The molecule has 8 nitrogen and oxygen atoms in total. The summed E-state index contributed by atoms with van der Waals surface area (Å²) >= 11 is 0. The number of rotatable bonds is 6. The van der Waals surface area contributed by atoms with Crippen LogP contribution in [0.3, 0.4) is 0 Å². The van der Waals surface area contributed by atoms with E-state index in [2.05, 4.69) is 29.5 Å². The number of furan rings is 1. The Bertz CT molecular complexity index is 932. The molecule has 0 bridgehead atoms. The van der Waals surface area contributed by atoms with Crippen LogP contribution in [0.5, 0.6) is 0 Å². The molecule has 0 aliphatic carbocycles. The molecular formula is C20H26N6O2. The first-order valence-corrected chi connectivity index (χ1v) is 9.75. The Morgan fingerprint density at radius 1 is 1.18 bits per heavy atom. The minimum Gasteiger partial charge on any atom is -0.458 e. The van der Waals surface area contributed by atoms with Gasteiger partial charge in [0.25, 0.3) is 0 Å². The number of aliphatic hydroxyl groups is 1. The van der Waals surface area contributed by atoms with Crippen LogP contribution < -0.4 is 0 Å². The first-order valence-electron chi connectivity index (χ1n) is 9.75. The fraction of sp³-hybridized carbons (Fsp3) is 0.500. The van der Waals surface area contributed by atoms with Gasteiger partial charge in [-0.1, -0.05) is 0 Å². The quantitative estimate of drug-likeness (QED) is 0.669. The number of imidazole rings is 1. The van der Waals surface area contributed by atoms with Crippen LogP contribution >= 0.6 is 0 Å². The van der Waals surface area contributed by atoms with Gasteiger partial charge in [-0.25, -0.2) is 4.98 Å². The lowest BCUT2D eigenvalue weighted by Gasteiger charge is -2.27. The number of hydrogen-bond acceptors (Lipinski definition) is 6. The maximum Gasteiger partial charge on any atom is 0.152 e. The van der Waals surface area contributed by atoms with Gasteiger partial charge >= 0.3 is 0 Å². The van der Waals surface area contributed by atoms with E-state index < -0.39 is 0 Å². The highest BCUT2D eigenvalue weighted by Crippen LogP contribution is 2.43. The molecule has 0 amide bonds. The van der Waals surface area contributed by atoms with Gasteiger partial charge in [0.1, 0.15) is 17.3 Å². The van der Waals surface area contributed by atoms with Crippen molar-refractivity contribution in [3.8, 4) is 11.5 Å². The average Bonchev–Trinajstić information content (AvgIpc) is 3.46. The van der Waals surface area contributed by atoms with Gasteiger partial charge in [0.05, 0.1) is 19.7 Å². The van der Waals surface area contributed by atoms with E-state index in [0.29, 0.717) is 5.92 Å². The van der Waals surface area contributed by atoms with Crippen molar-refractivity contribution in [2.75, 3.05) is 32.8 Å². The standard InChI is InChI=1S/C20H26N6O2/c1-24-7-6-21-19(24)11-26-9-15-8-25(12-20(15,13-26)14-27)10-16-2-3-18(28-16)17-4-5-22-23-17/h2-7,15,27H,8-14H2,1H3,(H,22,23). The molecule has 2 aliphatic heterocycles. The molecule has 148 valence electrons. The molecule has 2 saturated heterocycles. The van der Waals surface area contributed by atoms with Crippen molar-refractivity contribution in [3.05, 3.63) is 48.4 Å². The molecule has 2 atom stereocenters. The molecule has 2 fully saturated rings. The summed E-state index contributed by atoms with van der Waals surface area (Å²) in [5, 5.41) is 17.1. The number of aromatic amines is 1. The molecular weight excluding hydrogens is 356 g/mol. The summed E-state index contributed by atoms with van der Waals surface area (Å²) in [7, 11) is 2.03. The highest BCUT2D eigenvalue weighted by atomic mass is 16.3. The van der Waals surface area contributed by atoms with E-state index in [1.807, 2.05) is 37.6 Å². The molecule has 5 heterocycles. The largest absolute Gasteiger partial charge is 0.458 e. The Morgan fingerprint density at radius 2 is 2.00 bits per heavy atom. The van der Waals surface area contributed by atoms with Crippen molar-refractivity contribution in [3.63, 3.8) is 0 Å². The van der Waals surface area contributed by atoms with E-state index in [1.165, 1.54) is 0 Å². The molecule has 2 unspecified atom stereocenters. The molecule has 2 aliphatic rings. The fourth-order valence-corrected chi connectivity index (χ4v) is 4.84. The third kappa shape index (κ3) is 3.07. The Labute approximate surface area is 163 Å². The number of hydrogen-bond donors (Lipinski definition) is 2. The minimum absolute atomic E-state index is 0.0516. The smallest absolute Gasteiger partial charge is 0.152 e. The predicted molar refractivity (Wildman–Crippen MR) is 103 cm³/mol. The number of aliphatic hydroxyl groups excluding tert-OH is 1. The summed E-state index contributed by atoms with van der Waals surface area (Å²) < 4.78 is 8.06. The van der Waals surface area contributed by atoms with E-state index in [1.54, 1.807) is 6.20 Å². The molecule has 0 spiro atoms. The van der Waals surface area contributed by atoms with E-state index in [4.69, 9.17) is 4.42 Å². The first-order chi connectivity index (χ1) is 13.6. The van der Waals surface area contributed by atoms with Gasteiger partial charge in [0.2, 0.25) is 0 Å². The van der Waals surface area contributed by atoms with Crippen LogP contribution in [0.4, 0.5) is 0 Å². The number of likely N-dealkylation sites (tertiary alicyclic amines) is 2.